The summed E-state index contributed by atoms with van der Waals surface area (Å²) < 4.78 is 5.24. The van der Waals surface area contributed by atoms with Crippen LogP contribution in [0.5, 0.6) is 5.75 Å². The average Bonchev–Trinajstić information content (AvgIpc) is 2.35. The summed E-state index contributed by atoms with van der Waals surface area (Å²) in [7, 11) is 0. The van der Waals surface area contributed by atoms with Crippen LogP contribution < -0.4 is 10.1 Å². The SMILES string of the molecule is CCC(Cc1ccc2c(c1)NC(=O)CO2)C(=O)O. The van der Waals surface area contributed by atoms with Gasteiger partial charge in [0.2, 0.25) is 0 Å². The normalized spacial score (nSPS) is 15.3. The van der Waals surface area contributed by atoms with Crippen molar-refractivity contribution in [3.8, 4) is 5.75 Å². The van der Waals surface area contributed by atoms with Crippen LogP contribution in [-0.4, -0.2) is 23.6 Å². The summed E-state index contributed by atoms with van der Waals surface area (Å²) in [5.74, 6) is -0.759. The van der Waals surface area contributed by atoms with Crippen LogP contribution in [0.4, 0.5) is 5.69 Å². The maximum Gasteiger partial charge on any atom is 0.306 e. The molecule has 1 aromatic rings. The number of nitrogens with one attached hydrogen (secondary N) is 1. The van der Waals surface area contributed by atoms with Crippen molar-refractivity contribution in [3.63, 3.8) is 0 Å². The first-order valence-corrected chi connectivity index (χ1v) is 5.88. The fourth-order valence-electron chi connectivity index (χ4n) is 1.95. The van der Waals surface area contributed by atoms with Crippen LogP contribution in [0.15, 0.2) is 18.2 Å². The van der Waals surface area contributed by atoms with E-state index in [2.05, 4.69) is 5.32 Å². The van der Waals surface area contributed by atoms with Gasteiger partial charge in [0.15, 0.2) is 6.61 Å². The fourth-order valence-corrected chi connectivity index (χ4v) is 1.95. The maximum absolute atomic E-state index is 11.2. The second-order valence-corrected chi connectivity index (χ2v) is 4.31. The monoisotopic (exact) mass is 249 g/mol. The topological polar surface area (TPSA) is 75.6 Å². The van der Waals surface area contributed by atoms with Crippen molar-refractivity contribution in [3.05, 3.63) is 23.8 Å². The highest BCUT2D eigenvalue weighted by molar-refractivity contribution is 5.95. The van der Waals surface area contributed by atoms with Gasteiger partial charge in [0.25, 0.3) is 5.91 Å². The van der Waals surface area contributed by atoms with Crippen LogP contribution in [0.3, 0.4) is 0 Å². The third-order valence-electron chi connectivity index (χ3n) is 3.00. The summed E-state index contributed by atoms with van der Waals surface area (Å²) >= 11 is 0. The lowest BCUT2D eigenvalue weighted by Crippen LogP contribution is -2.25. The molecule has 2 N–H and O–H groups in total. The number of rotatable bonds is 4. The lowest BCUT2D eigenvalue weighted by atomic mass is 9.96. The molecule has 0 bridgehead atoms. The van der Waals surface area contributed by atoms with Gasteiger partial charge in [-0.1, -0.05) is 13.0 Å². The zero-order chi connectivity index (χ0) is 13.1. The number of benzene rings is 1. The highest BCUT2D eigenvalue weighted by atomic mass is 16.5. The first-order valence-electron chi connectivity index (χ1n) is 5.88. The molecule has 2 rings (SSSR count). The van der Waals surface area contributed by atoms with E-state index in [9.17, 15) is 9.59 Å². The molecule has 5 heteroatoms. The first kappa shape index (κ1) is 12.4. The minimum atomic E-state index is -0.796. The van der Waals surface area contributed by atoms with Gasteiger partial charge >= 0.3 is 5.97 Å². The summed E-state index contributed by atoms with van der Waals surface area (Å²) in [6.45, 7) is 1.88. The molecule has 1 heterocycles. The Morgan fingerprint density at radius 3 is 3.00 bits per heavy atom. The second kappa shape index (κ2) is 5.08. The third-order valence-corrected chi connectivity index (χ3v) is 3.00. The van der Waals surface area contributed by atoms with E-state index >= 15 is 0 Å². The van der Waals surface area contributed by atoms with E-state index in [4.69, 9.17) is 9.84 Å². The Morgan fingerprint density at radius 2 is 2.33 bits per heavy atom. The molecule has 96 valence electrons. The lowest BCUT2D eigenvalue weighted by molar-refractivity contribution is -0.141. The highest BCUT2D eigenvalue weighted by Crippen LogP contribution is 2.29. The van der Waals surface area contributed by atoms with Gasteiger partial charge < -0.3 is 15.2 Å². The fraction of sp³-hybridized carbons (Fsp3) is 0.385. The number of carboxylic acids is 1. The van der Waals surface area contributed by atoms with Gasteiger partial charge in [-0.25, -0.2) is 0 Å². The van der Waals surface area contributed by atoms with Crippen LogP contribution >= 0.6 is 0 Å². The van der Waals surface area contributed by atoms with Gasteiger partial charge in [-0.2, -0.15) is 0 Å². The summed E-state index contributed by atoms with van der Waals surface area (Å²) in [6, 6.07) is 5.37. The van der Waals surface area contributed by atoms with Gasteiger partial charge in [-0.05, 0) is 30.5 Å². The molecule has 1 atom stereocenters. The van der Waals surface area contributed by atoms with Crippen LogP contribution in [0.25, 0.3) is 0 Å². The summed E-state index contributed by atoms with van der Waals surface area (Å²) in [6.07, 6.45) is 1.03. The summed E-state index contributed by atoms with van der Waals surface area (Å²) in [5.41, 5.74) is 1.50. The number of aliphatic carboxylic acids is 1. The smallest absolute Gasteiger partial charge is 0.306 e. The quantitative estimate of drug-likeness (QED) is 0.851. The zero-order valence-electron chi connectivity index (χ0n) is 10.1. The van der Waals surface area contributed by atoms with Gasteiger partial charge in [0, 0.05) is 0 Å². The maximum atomic E-state index is 11.2. The molecule has 18 heavy (non-hydrogen) atoms. The molecule has 0 radical (unpaired) electrons. The average molecular weight is 249 g/mol. The molecule has 5 nitrogen and oxygen atoms in total. The third kappa shape index (κ3) is 2.61. The number of amides is 1. The van der Waals surface area contributed by atoms with E-state index in [1.54, 1.807) is 12.1 Å². The molecular formula is C13H15NO4. The van der Waals surface area contributed by atoms with Crippen molar-refractivity contribution in [2.75, 3.05) is 11.9 Å². The second-order valence-electron chi connectivity index (χ2n) is 4.31. The number of carbonyl (C=O) groups excluding carboxylic acids is 1. The number of carbonyl (C=O) groups is 2. The molecule has 0 aliphatic carbocycles. The zero-order valence-corrected chi connectivity index (χ0v) is 10.1. The van der Waals surface area contributed by atoms with E-state index in [1.807, 2.05) is 13.0 Å². The molecule has 1 aliphatic heterocycles. The minimum Gasteiger partial charge on any atom is -0.482 e. The van der Waals surface area contributed by atoms with Crippen LogP contribution in [-0.2, 0) is 16.0 Å². The van der Waals surface area contributed by atoms with Crippen LogP contribution in [0.1, 0.15) is 18.9 Å². The van der Waals surface area contributed by atoms with Crippen LogP contribution in [0, 0.1) is 5.92 Å². The Bertz CT molecular complexity index is 484. The number of ether oxygens (including phenoxy) is 1. The summed E-state index contributed by atoms with van der Waals surface area (Å²) in [4.78, 5) is 22.2. The molecule has 1 aliphatic rings. The van der Waals surface area contributed by atoms with Crippen molar-refractivity contribution in [1.82, 2.24) is 0 Å². The van der Waals surface area contributed by atoms with Gasteiger partial charge in [-0.15, -0.1) is 0 Å². The largest absolute Gasteiger partial charge is 0.482 e. The lowest BCUT2D eigenvalue weighted by Gasteiger charge is -2.19. The van der Waals surface area contributed by atoms with E-state index in [0.717, 1.165) is 5.56 Å². The summed E-state index contributed by atoms with van der Waals surface area (Å²) in [5, 5.41) is 11.7. The molecule has 0 saturated heterocycles. The molecular weight excluding hydrogens is 234 g/mol. The number of hydrogen-bond acceptors (Lipinski definition) is 3. The van der Waals surface area contributed by atoms with E-state index in [1.165, 1.54) is 0 Å². The first-order chi connectivity index (χ1) is 8.60. The van der Waals surface area contributed by atoms with Crippen molar-refractivity contribution in [2.45, 2.75) is 19.8 Å². The minimum absolute atomic E-state index is 0.0268. The Hall–Kier alpha value is -2.04. The van der Waals surface area contributed by atoms with Crippen LogP contribution in [0.2, 0.25) is 0 Å². The predicted molar refractivity (Wildman–Crippen MR) is 65.7 cm³/mol. The van der Waals surface area contributed by atoms with E-state index in [0.29, 0.717) is 24.3 Å². The number of hydrogen-bond donors (Lipinski definition) is 2. The highest BCUT2D eigenvalue weighted by Gasteiger charge is 2.19. The molecule has 0 spiro atoms. The molecule has 1 amide bonds. The Kier molecular flexibility index (Phi) is 3.50. The number of fused-ring (bicyclic) bond motifs is 1. The Labute approximate surface area is 105 Å². The van der Waals surface area contributed by atoms with Gasteiger partial charge in [0.05, 0.1) is 11.6 Å². The number of carboxylic acid groups (broad SMARTS) is 1. The number of anilines is 1. The van der Waals surface area contributed by atoms with Crippen molar-refractivity contribution >= 4 is 17.6 Å². The van der Waals surface area contributed by atoms with Gasteiger partial charge in [-0.3, -0.25) is 9.59 Å². The Morgan fingerprint density at radius 1 is 1.56 bits per heavy atom. The molecule has 1 aromatic carbocycles. The van der Waals surface area contributed by atoms with Gasteiger partial charge in [0.1, 0.15) is 5.75 Å². The predicted octanol–water partition coefficient (Wildman–Crippen LogP) is 1.67. The van der Waals surface area contributed by atoms with E-state index < -0.39 is 11.9 Å². The Balaban J connectivity index is 2.18. The molecule has 0 fully saturated rings. The van der Waals surface area contributed by atoms with Crippen molar-refractivity contribution in [1.29, 1.82) is 0 Å². The molecule has 0 aromatic heterocycles. The molecule has 1 unspecified atom stereocenters. The van der Waals surface area contributed by atoms with Crippen molar-refractivity contribution in [2.24, 2.45) is 5.92 Å². The molecule has 0 saturated carbocycles. The van der Waals surface area contributed by atoms with Crippen molar-refractivity contribution < 1.29 is 19.4 Å². The van der Waals surface area contributed by atoms with E-state index in [-0.39, 0.29) is 12.5 Å². The standard InChI is InChI=1S/C13H15NO4/c1-2-9(13(16)17)5-8-3-4-11-10(6-8)14-12(15)7-18-11/h3-4,6,9H,2,5,7H2,1H3,(H,14,15)(H,16,17).